The lowest BCUT2D eigenvalue weighted by Gasteiger charge is -2.09. The number of benzene rings is 1. The minimum atomic E-state index is -3.63. The summed E-state index contributed by atoms with van der Waals surface area (Å²) in [6, 6.07) is 5.23. The Labute approximate surface area is 148 Å². The van der Waals surface area contributed by atoms with Crippen molar-refractivity contribution < 1.29 is 18.3 Å². The Morgan fingerprint density at radius 3 is 2.62 bits per heavy atom. The van der Waals surface area contributed by atoms with Crippen molar-refractivity contribution in [1.29, 1.82) is 0 Å². The van der Waals surface area contributed by atoms with Gasteiger partial charge in [-0.2, -0.15) is 0 Å². The minimum Gasteiger partial charge on any atom is -0.395 e. The number of rotatable bonds is 3. The fourth-order valence-corrected chi connectivity index (χ4v) is 3.49. The van der Waals surface area contributed by atoms with Crippen LogP contribution in [0.15, 0.2) is 24.4 Å². The van der Waals surface area contributed by atoms with Crippen molar-refractivity contribution in [2.75, 3.05) is 0 Å². The Morgan fingerprint density at radius 1 is 1.19 bits per heavy atom. The number of aromatic nitrogens is 3. The van der Waals surface area contributed by atoms with Gasteiger partial charge in [0.2, 0.25) is 0 Å². The molecular formula is C19H17F2N3O2. The SMILES string of the molecule is CCc1cc(C2CC2)cnc1-c1nc2cc3c(cc2n1C)OC(F)(F)O3. The zero-order chi connectivity index (χ0) is 18.1. The lowest BCUT2D eigenvalue weighted by atomic mass is 10.1. The van der Waals surface area contributed by atoms with Gasteiger partial charge in [-0.25, -0.2) is 4.98 Å². The van der Waals surface area contributed by atoms with Crippen molar-refractivity contribution in [2.45, 2.75) is 38.4 Å². The molecule has 5 nitrogen and oxygen atoms in total. The normalized spacial score (nSPS) is 17.8. The summed E-state index contributed by atoms with van der Waals surface area (Å²) in [5.41, 5.74) is 4.50. The highest BCUT2D eigenvalue weighted by Gasteiger charge is 2.43. The van der Waals surface area contributed by atoms with Gasteiger partial charge in [0, 0.05) is 25.4 Å². The van der Waals surface area contributed by atoms with Gasteiger partial charge in [0.25, 0.3) is 0 Å². The van der Waals surface area contributed by atoms with E-state index in [0.717, 1.165) is 17.7 Å². The predicted octanol–water partition coefficient (Wildman–Crippen LogP) is 4.40. The molecule has 1 saturated carbocycles. The molecule has 0 unspecified atom stereocenters. The van der Waals surface area contributed by atoms with Gasteiger partial charge in [0.1, 0.15) is 5.69 Å². The minimum absolute atomic E-state index is 0.0000875. The third kappa shape index (κ3) is 2.34. The number of fused-ring (bicyclic) bond motifs is 2. The van der Waals surface area contributed by atoms with Gasteiger partial charge in [0.15, 0.2) is 17.3 Å². The van der Waals surface area contributed by atoms with Crippen molar-refractivity contribution >= 4 is 11.0 Å². The van der Waals surface area contributed by atoms with Gasteiger partial charge in [-0.1, -0.05) is 13.0 Å². The Hall–Kier alpha value is -2.70. The first-order valence-electron chi connectivity index (χ1n) is 8.70. The number of halogens is 2. The Kier molecular flexibility index (Phi) is 3.08. The number of hydrogen-bond donors (Lipinski definition) is 0. The summed E-state index contributed by atoms with van der Waals surface area (Å²) in [5, 5.41) is 0. The molecule has 2 aliphatic rings. The van der Waals surface area contributed by atoms with Crippen LogP contribution in [-0.2, 0) is 13.5 Å². The van der Waals surface area contributed by atoms with E-state index < -0.39 is 6.29 Å². The highest BCUT2D eigenvalue weighted by Crippen LogP contribution is 2.44. The molecule has 1 aliphatic heterocycles. The zero-order valence-electron chi connectivity index (χ0n) is 14.4. The van der Waals surface area contributed by atoms with Gasteiger partial charge in [-0.05, 0) is 36.3 Å². The van der Waals surface area contributed by atoms with E-state index in [1.54, 1.807) is 0 Å². The van der Waals surface area contributed by atoms with E-state index in [2.05, 4.69) is 32.4 Å². The maximum atomic E-state index is 13.3. The van der Waals surface area contributed by atoms with Crippen LogP contribution in [-0.4, -0.2) is 20.8 Å². The molecule has 0 bridgehead atoms. The van der Waals surface area contributed by atoms with Crippen LogP contribution in [0.4, 0.5) is 8.78 Å². The van der Waals surface area contributed by atoms with Crippen LogP contribution in [0.1, 0.15) is 36.8 Å². The monoisotopic (exact) mass is 357 g/mol. The summed E-state index contributed by atoms with van der Waals surface area (Å²) in [4.78, 5) is 9.30. The van der Waals surface area contributed by atoms with Gasteiger partial charge < -0.3 is 14.0 Å². The number of hydrogen-bond acceptors (Lipinski definition) is 4. The highest BCUT2D eigenvalue weighted by atomic mass is 19.3. The second-order valence-corrected chi connectivity index (χ2v) is 6.85. The second kappa shape index (κ2) is 5.16. The molecule has 26 heavy (non-hydrogen) atoms. The number of imidazole rings is 1. The van der Waals surface area contributed by atoms with E-state index >= 15 is 0 Å². The van der Waals surface area contributed by atoms with Crippen LogP contribution in [0.3, 0.4) is 0 Å². The fourth-order valence-electron chi connectivity index (χ4n) is 3.49. The van der Waals surface area contributed by atoms with E-state index in [4.69, 9.17) is 0 Å². The number of ether oxygens (including phenoxy) is 2. The average Bonchev–Trinajstić information content (AvgIpc) is 3.34. The second-order valence-electron chi connectivity index (χ2n) is 6.85. The first-order valence-corrected chi connectivity index (χ1v) is 8.70. The van der Waals surface area contributed by atoms with Crippen molar-refractivity contribution in [3.63, 3.8) is 0 Å². The predicted molar refractivity (Wildman–Crippen MR) is 91.5 cm³/mol. The summed E-state index contributed by atoms with van der Waals surface area (Å²) < 4.78 is 37.5. The van der Waals surface area contributed by atoms with Crippen molar-refractivity contribution in [2.24, 2.45) is 7.05 Å². The van der Waals surface area contributed by atoms with E-state index in [9.17, 15) is 8.78 Å². The first-order chi connectivity index (χ1) is 12.4. The molecule has 0 spiro atoms. The van der Waals surface area contributed by atoms with Crippen molar-refractivity contribution in [1.82, 2.24) is 14.5 Å². The molecular weight excluding hydrogens is 340 g/mol. The third-order valence-corrected chi connectivity index (χ3v) is 5.03. The maximum Gasteiger partial charge on any atom is 0.586 e. The molecule has 7 heteroatoms. The van der Waals surface area contributed by atoms with E-state index in [1.165, 1.54) is 30.5 Å². The Bertz CT molecular complexity index is 1040. The summed E-state index contributed by atoms with van der Waals surface area (Å²) in [7, 11) is 1.85. The molecule has 5 rings (SSSR count). The summed E-state index contributed by atoms with van der Waals surface area (Å²) in [6.45, 7) is 2.10. The van der Waals surface area contributed by atoms with Crippen LogP contribution >= 0.6 is 0 Å². The molecule has 3 aromatic rings. The largest absolute Gasteiger partial charge is 0.586 e. The molecule has 1 aromatic carbocycles. The van der Waals surface area contributed by atoms with Gasteiger partial charge in [-0.15, -0.1) is 8.78 Å². The molecule has 0 radical (unpaired) electrons. The van der Waals surface area contributed by atoms with Crippen molar-refractivity contribution in [3.05, 3.63) is 35.5 Å². The molecule has 0 atom stereocenters. The standard InChI is InChI=1S/C19H17F2N3O2/c1-3-10-6-12(11-4-5-11)9-22-17(10)18-23-13-7-15-16(8-14(13)24(18)2)26-19(20,21)25-15/h6-9,11H,3-5H2,1-2H3. The van der Waals surface area contributed by atoms with Gasteiger partial charge in [0.05, 0.1) is 11.0 Å². The van der Waals surface area contributed by atoms with Crippen LogP contribution < -0.4 is 9.47 Å². The summed E-state index contributed by atoms with van der Waals surface area (Å²) in [6.07, 6.45) is 1.61. The molecule has 0 saturated heterocycles. The Balaban J connectivity index is 1.63. The van der Waals surface area contributed by atoms with Crippen LogP contribution in [0, 0.1) is 0 Å². The van der Waals surface area contributed by atoms with Crippen LogP contribution in [0.2, 0.25) is 0 Å². The van der Waals surface area contributed by atoms with E-state index in [-0.39, 0.29) is 11.5 Å². The van der Waals surface area contributed by atoms with Gasteiger partial charge in [-0.3, -0.25) is 4.98 Å². The fraction of sp³-hybridized carbons (Fsp3) is 0.368. The smallest absolute Gasteiger partial charge is 0.395 e. The number of aryl methyl sites for hydroxylation is 2. The van der Waals surface area contributed by atoms with Crippen molar-refractivity contribution in [3.8, 4) is 23.0 Å². The lowest BCUT2D eigenvalue weighted by Crippen LogP contribution is -2.25. The Morgan fingerprint density at radius 2 is 1.92 bits per heavy atom. The topological polar surface area (TPSA) is 49.2 Å². The highest BCUT2D eigenvalue weighted by molar-refractivity contribution is 5.84. The lowest BCUT2D eigenvalue weighted by molar-refractivity contribution is -0.286. The molecule has 1 aliphatic carbocycles. The van der Waals surface area contributed by atoms with Gasteiger partial charge >= 0.3 is 6.29 Å². The molecule has 134 valence electrons. The van der Waals surface area contributed by atoms with Crippen LogP contribution in [0.25, 0.3) is 22.6 Å². The first kappa shape index (κ1) is 15.5. The summed E-state index contributed by atoms with van der Waals surface area (Å²) >= 11 is 0. The molecule has 1 fully saturated rings. The molecule has 0 N–H and O–H groups in total. The summed E-state index contributed by atoms with van der Waals surface area (Å²) in [5.74, 6) is 1.36. The number of pyridine rings is 1. The quantitative estimate of drug-likeness (QED) is 0.697. The molecule has 2 aromatic heterocycles. The maximum absolute atomic E-state index is 13.3. The van der Waals surface area contributed by atoms with E-state index in [0.29, 0.717) is 22.8 Å². The number of alkyl halides is 2. The molecule has 3 heterocycles. The third-order valence-electron chi connectivity index (χ3n) is 5.03. The number of nitrogens with zero attached hydrogens (tertiary/aromatic N) is 3. The average molecular weight is 357 g/mol. The molecule has 0 amide bonds. The zero-order valence-corrected chi connectivity index (χ0v) is 14.4. The van der Waals surface area contributed by atoms with Crippen LogP contribution in [0.5, 0.6) is 11.5 Å². The van der Waals surface area contributed by atoms with E-state index in [1.807, 2.05) is 17.8 Å².